The van der Waals surface area contributed by atoms with Crippen molar-refractivity contribution in [2.75, 3.05) is 0 Å². The molecule has 0 radical (unpaired) electrons. The van der Waals surface area contributed by atoms with Crippen LogP contribution in [0.2, 0.25) is 0 Å². The summed E-state index contributed by atoms with van der Waals surface area (Å²) in [6, 6.07) is 11.6. The van der Waals surface area contributed by atoms with Gasteiger partial charge in [0.15, 0.2) is 0 Å². The van der Waals surface area contributed by atoms with Crippen molar-refractivity contribution in [1.29, 1.82) is 0 Å². The molecule has 0 saturated heterocycles. The summed E-state index contributed by atoms with van der Waals surface area (Å²) in [6.45, 7) is 7.56. The molecule has 0 aromatic carbocycles. The van der Waals surface area contributed by atoms with Gasteiger partial charge in [-0.2, -0.15) is 0 Å². The molecule has 2 aromatic heterocycles. The molecule has 0 atom stereocenters. The van der Waals surface area contributed by atoms with E-state index in [4.69, 9.17) is 10.2 Å². The first kappa shape index (κ1) is 29.1. The molecule has 2 N–H and O–H groups in total. The normalized spacial score (nSPS) is 9.45. The van der Waals surface area contributed by atoms with Crippen molar-refractivity contribution >= 4 is 11.9 Å². The largest absolute Gasteiger partial charge is 0.481 e. The summed E-state index contributed by atoms with van der Waals surface area (Å²) in [5.41, 5.74) is 1.83. The van der Waals surface area contributed by atoms with Crippen LogP contribution >= 0.6 is 0 Å². The van der Waals surface area contributed by atoms with Gasteiger partial charge in [0.05, 0.1) is 23.2 Å². The molecule has 156 valence electrons. The van der Waals surface area contributed by atoms with E-state index < -0.39 is 11.9 Å². The van der Waals surface area contributed by atoms with Crippen LogP contribution in [-0.2, 0) is 29.1 Å². The minimum Gasteiger partial charge on any atom is -0.481 e. The molecule has 0 unspecified atom stereocenters. The number of hydrogen-bond acceptors (Lipinski definition) is 4. The first-order chi connectivity index (χ1) is 13.4. The van der Waals surface area contributed by atoms with Crippen LogP contribution in [0.4, 0.5) is 0 Å². The number of carboxylic acid groups (broad SMARTS) is 2. The van der Waals surface area contributed by atoms with Crippen molar-refractivity contribution in [2.45, 2.75) is 53.4 Å². The standard InChI is InChI=1S/C10H8N2.2C6H12O2.Zn/c1-3-7-11-9(5-1)10-6-2-4-8-12-10;2*1-3-5(4-2)6(7)8;/h1-8H;2*5H,3-4H2,1-2H3,(H,7,8);. The average Bonchev–Trinajstić information content (AvgIpc) is 2.72. The Labute approximate surface area is 186 Å². The van der Waals surface area contributed by atoms with Crippen LogP contribution in [0.25, 0.3) is 11.4 Å². The van der Waals surface area contributed by atoms with Crippen LogP contribution in [0.5, 0.6) is 0 Å². The number of pyridine rings is 2. The zero-order valence-electron chi connectivity index (χ0n) is 17.9. The SMILES string of the molecule is CCC(CC)C(=O)O.CCC(CC)C(=O)O.[Zn].c1ccc(-c2ccccn2)nc1. The van der Waals surface area contributed by atoms with Gasteiger partial charge in [-0.15, -0.1) is 0 Å². The minimum absolute atomic E-state index is 0. The molecule has 6 nitrogen and oxygen atoms in total. The Morgan fingerprint density at radius 1 is 0.724 bits per heavy atom. The molecule has 2 heterocycles. The Kier molecular flexibility index (Phi) is 18.0. The van der Waals surface area contributed by atoms with Gasteiger partial charge in [0.2, 0.25) is 0 Å². The van der Waals surface area contributed by atoms with Crippen molar-refractivity contribution in [3.05, 3.63) is 48.8 Å². The fourth-order valence-corrected chi connectivity index (χ4v) is 2.30. The van der Waals surface area contributed by atoms with E-state index in [0.717, 1.165) is 37.1 Å². The maximum absolute atomic E-state index is 10.2. The third-order valence-corrected chi connectivity index (χ3v) is 4.26. The number of rotatable bonds is 7. The van der Waals surface area contributed by atoms with Crippen molar-refractivity contribution in [2.24, 2.45) is 11.8 Å². The summed E-state index contributed by atoms with van der Waals surface area (Å²) in [6.07, 6.45) is 6.50. The third kappa shape index (κ3) is 12.8. The second-order valence-electron chi connectivity index (χ2n) is 6.13. The van der Waals surface area contributed by atoms with E-state index in [9.17, 15) is 9.59 Å². The van der Waals surface area contributed by atoms with Gasteiger partial charge in [-0.25, -0.2) is 0 Å². The van der Waals surface area contributed by atoms with Crippen molar-refractivity contribution in [3.8, 4) is 11.4 Å². The van der Waals surface area contributed by atoms with Gasteiger partial charge in [0, 0.05) is 31.9 Å². The molecule has 29 heavy (non-hydrogen) atoms. The molecule has 0 spiro atoms. The van der Waals surface area contributed by atoms with Crippen LogP contribution < -0.4 is 0 Å². The zero-order chi connectivity index (χ0) is 21.4. The van der Waals surface area contributed by atoms with E-state index in [2.05, 4.69) is 9.97 Å². The van der Waals surface area contributed by atoms with Crippen LogP contribution in [0.1, 0.15) is 53.4 Å². The number of hydrogen-bond donors (Lipinski definition) is 2. The molecular formula is C22H32N2O4Zn. The smallest absolute Gasteiger partial charge is 0.306 e. The van der Waals surface area contributed by atoms with Gasteiger partial charge in [0.25, 0.3) is 0 Å². The molecule has 0 bridgehead atoms. The van der Waals surface area contributed by atoms with Crippen LogP contribution in [0.15, 0.2) is 48.8 Å². The van der Waals surface area contributed by atoms with Crippen LogP contribution in [0, 0.1) is 11.8 Å². The Morgan fingerprint density at radius 2 is 1.03 bits per heavy atom. The van der Waals surface area contributed by atoms with Crippen LogP contribution in [0.3, 0.4) is 0 Å². The van der Waals surface area contributed by atoms with Gasteiger partial charge >= 0.3 is 11.9 Å². The fraction of sp³-hybridized carbons (Fsp3) is 0.455. The second kappa shape index (κ2) is 17.9. The van der Waals surface area contributed by atoms with E-state index in [1.165, 1.54) is 0 Å². The molecule has 7 heteroatoms. The van der Waals surface area contributed by atoms with Gasteiger partial charge in [-0.3, -0.25) is 19.6 Å². The van der Waals surface area contributed by atoms with Gasteiger partial charge in [0.1, 0.15) is 0 Å². The Hall–Kier alpha value is -2.14. The summed E-state index contributed by atoms with van der Waals surface area (Å²) in [5.74, 6) is -1.60. The fourth-order valence-electron chi connectivity index (χ4n) is 2.30. The van der Waals surface area contributed by atoms with Crippen molar-refractivity contribution in [1.82, 2.24) is 9.97 Å². The quantitative estimate of drug-likeness (QED) is 0.562. The topological polar surface area (TPSA) is 100 Å². The minimum atomic E-state index is -0.671. The summed E-state index contributed by atoms with van der Waals surface area (Å²) >= 11 is 0. The summed E-state index contributed by atoms with van der Waals surface area (Å²) < 4.78 is 0. The van der Waals surface area contributed by atoms with E-state index in [0.29, 0.717) is 0 Å². The van der Waals surface area contributed by atoms with Crippen molar-refractivity contribution < 1.29 is 39.3 Å². The molecule has 0 aliphatic rings. The number of nitrogens with zero attached hydrogens (tertiary/aromatic N) is 2. The molecule has 0 saturated carbocycles. The molecule has 2 aromatic rings. The number of aliphatic carboxylic acids is 2. The Balaban J connectivity index is 0. The van der Waals surface area contributed by atoms with E-state index >= 15 is 0 Å². The Morgan fingerprint density at radius 3 is 1.17 bits per heavy atom. The van der Waals surface area contributed by atoms with E-state index in [1.807, 2.05) is 64.1 Å². The third-order valence-electron chi connectivity index (χ3n) is 4.26. The van der Waals surface area contributed by atoms with Crippen molar-refractivity contribution in [3.63, 3.8) is 0 Å². The molecule has 0 aliphatic heterocycles. The van der Waals surface area contributed by atoms with E-state index in [1.54, 1.807) is 12.4 Å². The first-order valence-electron chi connectivity index (χ1n) is 9.69. The number of carbonyl (C=O) groups is 2. The molecule has 0 amide bonds. The average molecular weight is 454 g/mol. The molecular weight excluding hydrogens is 422 g/mol. The molecule has 2 rings (SSSR count). The second-order valence-corrected chi connectivity index (χ2v) is 6.13. The number of carboxylic acids is 2. The predicted octanol–water partition coefficient (Wildman–Crippen LogP) is 5.16. The summed E-state index contributed by atoms with van der Waals surface area (Å²) in [7, 11) is 0. The monoisotopic (exact) mass is 452 g/mol. The maximum atomic E-state index is 10.2. The molecule has 0 fully saturated rings. The summed E-state index contributed by atoms with van der Waals surface area (Å²) in [5, 5.41) is 16.7. The number of aromatic nitrogens is 2. The van der Waals surface area contributed by atoms with Crippen LogP contribution in [-0.4, -0.2) is 32.1 Å². The van der Waals surface area contributed by atoms with Gasteiger partial charge in [-0.1, -0.05) is 39.8 Å². The predicted molar refractivity (Wildman–Crippen MR) is 111 cm³/mol. The molecule has 0 aliphatic carbocycles. The summed E-state index contributed by atoms with van der Waals surface area (Å²) in [4.78, 5) is 28.7. The zero-order valence-corrected chi connectivity index (χ0v) is 20.9. The maximum Gasteiger partial charge on any atom is 0.306 e. The Bertz CT molecular complexity index is 602. The first-order valence-corrected chi connectivity index (χ1v) is 9.69. The van der Waals surface area contributed by atoms with E-state index in [-0.39, 0.29) is 31.3 Å². The van der Waals surface area contributed by atoms with Gasteiger partial charge < -0.3 is 10.2 Å². The van der Waals surface area contributed by atoms with Gasteiger partial charge in [-0.05, 0) is 49.9 Å².